The first-order chi connectivity index (χ1) is 28.9. The van der Waals surface area contributed by atoms with Gasteiger partial charge in [0.25, 0.3) is 0 Å². The Morgan fingerprint density at radius 1 is 0.452 bits per heavy atom. The molecular formula is C21H48N10. The van der Waals surface area contributed by atoms with Crippen molar-refractivity contribution in [1.29, 1.82) is 0 Å². The van der Waals surface area contributed by atoms with Gasteiger partial charge in [-0.2, -0.15) is 0 Å². The molecule has 0 aliphatic rings. The summed E-state index contributed by atoms with van der Waals surface area (Å²) in [6.07, 6.45) is 0. The molecule has 0 amide bonds. The van der Waals surface area contributed by atoms with E-state index in [0.717, 1.165) is 4.90 Å². The smallest absolute Gasteiger partial charge is 0.195 e. The fraction of sp³-hybridized carbons (Fsp3) is 0.857. The van der Waals surface area contributed by atoms with Crippen molar-refractivity contribution in [3.05, 3.63) is 0 Å². The van der Waals surface area contributed by atoms with Crippen molar-refractivity contribution in [2.75, 3.05) is 123 Å². The van der Waals surface area contributed by atoms with E-state index < -0.39 is 170 Å². The lowest BCUT2D eigenvalue weighted by atomic mass is 10.4. The van der Waals surface area contributed by atoms with Crippen LogP contribution in [0.1, 0.15) is 49.3 Å². The third kappa shape index (κ3) is 11.7. The zero-order valence-corrected chi connectivity index (χ0v) is 16.2. The Balaban J connectivity index is 8.40. The summed E-state index contributed by atoms with van der Waals surface area (Å²) < 4.78 is 281. The van der Waals surface area contributed by atoms with E-state index in [-0.39, 0.29) is 0 Å². The molecule has 0 aliphatic carbocycles. The Kier molecular flexibility index (Phi) is 2.59. The standard InChI is InChI=1S/C21H48N10/c1-25(2)19(26(3)4)22-13-16-31(17-14-23-20(27(5)6)28(7)8)18-15-24-21(29(9)10)30(11)12/h13-18H2,1-12H3/i1D3,2D3,3D3,4D3,5D3,6D3,7D3,8D3,9D3,10D3,11D3,12D3. The van der Waals surface area contributed by atoms with Crippen LogP contribution < -0.4 is 0 Å². The highest BCUT2D eigenvalue weighted by molar-refractivity contribution is 5.79. The third-order valence-corrected chi connectivity index (χ3v) is 3.21. The lowest BCUT2D eigenvalue weighted by Gasteiger charge is -2.26. The molecule has 10 heteroatoms. The van der Waals surface area contributed by atoms with Gasteiger partial charge in [-0.1, -0.05) is 0 Å². The van der Waals surface area contributed by atoms with E-state index in [1.165, 1.54) is 0 Å². The minimum absolute atomic E-state index is 0.594. The second-order valence-electron chi connectivity index (χ2n) is 5.40. The van der Waals surface area contributed by atoms with E-state index in [1.807, 2.05) is 0 Å². The number of hydrogen-bond acceptors (Lipinski definition) is 4. The lowest BCUT2D eigenvalue weighted by molar-refractivity contribution is 0.294. The summed E-state index contributed by atoms with van der Waals surface area (Å²) in [6, 6.07) is 0. The molecule has 31 heavy (non-hydrogen) atoms. The quantitative estimate of drug-likeness (QED) is 0.335. The first-order valence-electron chi connectivity index (χ1n) is 26.1. The average Bonchev–Trinajstić information content (AvgIpc) is 2.91. The molecule has 0 bridgehead atoms. The Morgan fingerprint density at radius 3 is 0.871 bits per heavy atom. The van der Waals surface area contributed by atoms with Gasteiger partial charge in [-0.3, -0.25) is 19.9 Å². The fourth-order valence-electron chi connectivity index (χ4n) is 1.93. The zero-order chi connectivity index (χ0) is 54.1. The molecule has 0 heterocycles. The van der Waals surface area contributed by atoms with E-state index in [0.29, 0.717) is 0 Å². The van der Waals surface area contributed by atoms with Crippen molar-refractivity contribution in [3.8, 4) is 0 Å². The first kappa shape index (κ1) is 5.46. The van der Waals surface area contributed by atoms with Gasteiger partial charge >= 0.3 is 0 Å². The van der Waals surface area contributed by atoms with E-state index in [9.17, 15) is 0 Å². The highest BCUT2D eigenvalue weighted by Gasteiger charge is 2.10. The van der Waals surface area contributed by atoms with Gasteiger partial charge in [0.05, 0.1) is 19.6 Å². The van der Waals surface area contributed by atoms with E-state index >= 15 is 0 Å². The van der Waals surface area contributed by atoms with Gasteiger partial charge in [0, 0.05) is 153 Å². The van der Waals surface area contributed by atoms with Crippen molar-refractivity contribution in [1.82, 2.24) is 34.3 Å². The molecule has 182 valence electrons. The van der Waals surface area contributed by atoms with Crippen molar-refractivity contribution in [3.63, 3.8) is 0 Å². The molecule has 0 saturated heterocycles. The van der Waals surface area contributed by atoms with Crippen LogP contribution in [0.2, 0.25) is 0 Å². The molecule has 0 saturated carbocycles. The van der Waals surface area contributed by atoms with Crippen molar-refractivity contribution in [2.24, 2.45) is 15.0 Å². The zero-order valence-electron chi connectivity index (χ0n) is 52.2. The van der Waals surface area contributed by atoms with Gasteiger partial charge in [-0.15, -0.1) is 0 Å². The molecule has 0 N–H and O–H groups in total. The number of aliphatic imine (C=N–C) groups is 3. The van der Waals surface area contributed by atoms with Gasteiger partial charge < -0.3 is 29.4 Å². The highest BCUT2D eigenvalue weighted by atomic mass is 15.4. The Bertz CT molecular complexity index is 1290. The summed E-state index contributed by atoms with van der Waals surface area (Å²) in [4.78, 5) is 8.35. The predicted octanol–water partition coefficient (Wildman–Crippen LogP) is -0.274. The Morgan fingerprint density at radius 2 is 0.677 bits per heavy atom. The average molecular weight is 477 g/mol. The minimum atomic E-state index is -3.85. The van der Waals surface area contributed by atoms with Gasteiger partial charge in [-0.05, 0) is 0 Å². The summed E-state index contributed by atoms with van der Waals surface area (Å²) >= 11 is 0. The van der Waals surface area contributed by atoms with Crippen LogP contribution in [-0.4, -0.2) is 175 Å². The maximum Gasteiger partial charge on any atom is 0.195 e. The first-order valence-corrected chi connectivity index (χ1v) is 8.09. The van der Waals surface area contributed by atoms with Gasteiger partial charge in [0.2, 0.25) is 0 Å². The van der Waals surface area contributed by atoms with E-state index in [2.05, 4.69) is 15.0 Å². The van der Waals surface area contributed by atoms with Crippen LogP contribution in [0.5, 0.6) is 0 Å². The topological polar surface area (TPSA) is 59.8 Å². The Labute approximate surface area is 242 Å². The number of rotatable bonds is 9. The second kappa shape index (κ2) is 14.7. The molecule has 0 atom stereocenters. The molecule has 0 aliphatic heterocycles. The van der Waals surface area contributed by atoms with Gasteiger partial charge in [-0.25, -0.2) is 0 Å². The largest absolute Gasteiger partial charge is 0.349 e. The number of guanidine groups is 3. The SMILES string of the molecule is [2H]C([2H])([2H])N(C(=NCCN(CCN=C(N(C([2H])([2H])[2H])C([2H])([2H])[2H])N(C([2H])([2H])[2H])C([2H])([2H])[2H])CCN=C(N(C([2H])([2H])[2H])C([2H])([2H])[2H])N(C([2H])([2H])[2H])C([2H])([2H])[2H])N(C([2H])([2H])[2H])C([2H])([2H])[2H])C([2H])([2H])[2H]. The second-order valence-corrected chi connectivity index (χ2v) is 5.40. The molecule has 0 fully saturated rings. The van der Waals surface area contributed by atoms with Crippen molar-refractivity contribution >= 4 is 17.9 Å². The highest BCUT2D eigenvalue weighted by Crippen LogP contribution is 1.97. The normalized spacial score (nSPS) is 32.4. The lowest BCUT2D eigenvalue weighted by Crippen LogP contribution is -2.39. The van der Waals surface area contributed by atoms with E-state index in [1.54, 1.807) is 0 Å². The summed E-state index contributed by atoms with van der Waals surface area (Å²) in [7, 11) is 0. The Hall–Kier alpha value is -2.23. The summed E-state index contributed by atoms with van der Waals surface area (Å²) in [5.74, 6) is -5.10. The molecular weight excluding hydrogens is 392 g/mol. The molecule has 0 aromatic carbocycles. The van der Waals surface area contributed by atoms with Crippen LogP contribution in [0.15, 0.2) is 15.0 Å². The maximum absolute atomic E-state index is 7.80. The molecule has 0 aromatic heterocycles. The molecule has 0 aromatic rings. The van der Waals surface area contributed by atoms with Crippen LogP contribution >= 0.6 is 0 Å². The third-order valence-electron chi connectivity index (χ3n) is 3.21. The number of hydrogen-bond donors (Lipinski definition) is 0. The molecule has 0 unspecified atom stereocenters. The van der Waals surface area contributed by atoms with Crippen molar-refractivity contribution in [2.45, 2.75) is 0 Å². The van der Waals surface area contributed by atoms with Crippen molar-refractivity contribution < 1.29 is 49.3 Å². The van der Waals surface area contributed by atoms with Crippen LogP contribution in [0.25, 0.3) is 0 Å². The summed E-state index contributed by atoms with van der Waals surface area (Å²) in [6.45, 7) is -52.0. The van der Waals surface area contributed by atoms with Gasteiger partial charge in [0.15, 0.2) is 17.9 Å². The van der Waals surface area contributed by atoms with Crippen LogP contribution in [-0.2, 0) is 0 Å². The molecule has 0 rings (SSSR count). The number of nitrogens with zero attached hydrogens (tertiary/aromatic N) is 10. The van der Waals surface area contributed by atoms with E-state index in [4.69, 9.17) is 49.3 Å². The maximum atomic E-state index is 7.80. The van der Waals surface area contributed by atoms with Crippen LogP contribution in [0.3, 0.4) is 0 Å². The van der Waals surface area contributed by atoms with Crippen LogP contribution in [0, 0.1) is 0 Å². The molecule has 0 radical (unpaired) electrons. The minimum Gasteiger partial charge on any atom is -0.349 e. The van der Waals surface area contributed by atoms with Crippen LogP contribution in [0.4, 0.5) is 0 Å². The monoisotopic (exact) mass is 477 g/mol. The summed E-state index contributed by atoms with van der Waals surface area (Å²) in [5.41, 5.74) is 0. The predicted molar refractivity (Wildman–Crippen MR) is 135 cm³/mol. The molecule has 10 nitrogen and oxygen atoms in total. The van der Waals surface area contributed by atoms with Gasteiger partial charge in [0.1, 0.15) is 0 Å². The fourth-order valence-corrected chi connectivity index (χ4v) is 1.93. The summed E-state index contributed by atoms with van der Waals surface area (Å²) in [5, 5.41) is 0. The molecule has 0 spiro atoms.